The van der Waals surface area contributed by atoms with E-state index in [2.05, 4.69) is 67.8 Å². The summed E-state index contributed by atoms with van der Waals surface area (Å²) in [5, 5.41) is 120. The molecule has 500 valence electrons. The normalized spacial score (nSPS) is 29.2. The fourth-order valence-electron chi connectivity index (χ4n) is 11.0. The molecule has 0 aliphatic carbocycles. The number of hydrogen-bond acceptors (Lipinski definition) is 18. The van der Waals surface area contributed by atoms with Crippen molar-refractivity contribution in [1.29, 1.82) is 0 Å². The zero-order valence-electron chi connectivity index (χ0n) is 52.5. The zero-order valence-corrected chi connectivity index (χ0v) is 52.5. The molecular weight excluding hydrogens is 1110 g/mol. The van der Waals surface area contributed by atoms with Crippen molar-refractivity contribution in [2.24, 2.45) is 0 Å². The second kappa shape index (κ2) is 49.2. The first-order valence-electron chi connectivity index (χ1n) is 33.5. The number of rotatable bonds is 50. The number of allylic oxidation sites excluding steroid dienone is 9. The highest BCUT2D eigenvalue weighted by atomic mass is 16.8. The average Bonchev–Trinajstić information content (AvgIpc) is 2.32. The maximum atomic E-state index is 13.4. The first-order chi connectivity index (χ1) is 41.8. The van der Waals surface area contributed by atoms with Gasteiger partial charge in [0.1, 0.15) is 73.2 Å². The molecule has 19 heteroatoms. The molecule has 0 aromatic rings. The maximum absolute atomic E-state index is 13.4. The van der Waals surface area contributed by atoms with Gasteiger partial charge in [0.25, 0.3) is 0 Å². The summed E-state index contributed by atoms with van der Waals surface area (Å²) in [7, 11) is 0. The Balaban J connectivity index is 1.48. The number of carbonyl (C=O) groups is 1. The summed E-state index contributed by atoms with van der Waals surface area (Å²) in [6.45, 7) is 1.67. The van der Waals surface area contributed by atoms with Crippen LogP contribution in [-0.2, 0) is 33.2 Å². The van der Waals surface area contributed by atoms with Crippen LogP contribution in [0.1, 0.15) is 226 Å². The van der Waals surface area contributed by atoms with E-state index in [1.165, 1.54) is 122 Å². The number of carbonyl (C=O) groups excluding carboxylic acids is 1. The van der Waals surface area contributed by atoms with Gasteiger partial charge in [-0.1, -0.05) is 203 Å². The standard InChI is InChI=1S/C67H119NO18/c1-3-5-7-9-11-13-15-17-19-21-22-23-24-25-26-27-28-29-30-32-34-36-38-40-42-44-51(72)50(68-55(73)45-43-41-39-37-35-33-31-20-18-16-14-12-10-8-6-4-2)49-81-65-61(79)58(76)63(53(47-70)83-65)86-67-62(80)59(77)64(54(48-71)84-67)85-66-60(78)57(75)56(74)52(46-69)82-66/h14,16,20,28-29,31,34,36,42,44,50-54,56-67,69-72,74-80H,3-13,15,17-19,21-27,30,32-33,35,37-41,43,45-49H2,1-2H3,(H,68,73)/b16-14-,29-28+,31-20-,36-34+,44-42+. The van der Waals surface area contributed by atoms with Crippen molar-refractivity contribution in [1.82, 2.24) is 5.32 Å². The molecule has 3 fully saturated rings. The highest BCUT2D eigenvalue weighted by Gasteiger charge is 2.53. The van der Waals surface area contributed by atoms with Crippen molar-refractivity contribution in [3.05, 3.63) is 60.8 Å². The molecule has 17 atom stereocenters. The van der Waals surface area contributed by atoms with Gasteiger partial charge in [-0.2, -0.15) is 0 Å². The van der Waals surface area contributed by atoms with Gasteiger partial charge in [-0.3, -0.25) is 4.79 Å². The Bertz CT molecular complexity index is 1800. The van der Waals surface area contributed by atoms with Gasteiger partial charge in [-0.05, 0) is 77.0 Å². The number of aliphatic hydroxyl groups is 11. The number of nitrogens with one attached hydrogen (secondary N) is 1. The Morgan fingerprint density at radius 3 is 1.24 bits per heavy atom. The summed E-state index contributed by atoms with van der Waals surface area (Å²) in [5.41, 5.74) is 0. The summed E-state index contributed by atoms with van der Waals surface area (Å²) < 4.78 is 34.3. The van der Waals surface area contributed by atoms with Crippen molar-refractivity contribution >= 4 is 5.91 Å². The molecule has 0 spiro atoms. The van der Waals surface area contributed by atoms with Crippen LogP contribution in [0.5, 0.6) is 0 Å². The Hall–Kier alpha value is -2.51. The zero-order chi connectivity index (χ0) is 62.6. The Labute approximate surface area is 515 Å². The highest BCUT2D eigenvalue weighted by Crippen LogP contribution is 2.33. The minimum atomic E-state index is -1.99. The van der Waals surface area contributed by atoms with Crippen LogP contribution in [0.2, 0.25) is 0 Å². The van der Waals surface area contributed by atoms with E-state index in [9.17, 15) is 61.0 Å². The highest BCUT2D eigenvalue weighted by molar-refractivity contribution is 5.76. The summed E-state index contributed by atoms with van der Waals surface area (Å²) in [6.07, 6.45) is 32.0. The van der Waals surface area contributed by atoms with Crippen LogP contribution in [0, 0.1) is 0 Å². The third-order valence-corrected chi connectivity index (χ3v) is 16.5. The third kappa shape index (κ3) is 31.5. The van der Waals surface area contributed by atoms with Gasteiger partial charge in [0.2, 0.25) is 5.91 Å². The largest absolute Gasteiger partial charge is 0.394 e. The Kier molecular flexibility index (Phi) is 44.5. The van der Waals surface area contributed by atoms with Crippen LogP contribution in [-0.4, -0.2) is 193 Å². The summed E-state index contributed by atoms with van der Waals surface area (Å²) >= 11 is 0. The number of ether oxygens (including phenoxy) is 6. The molecule has 0 radical (unpaired) electrons. The van der Waals surface area contributed by atoms with Crippen molar-refractivity contribution in [3.8, 4) is 0 Å². The smallest absolute Gasteiger partial charge is 0.220 e. The Morgan fingerprint density at radius 2 is 0.779 bits per heavy atom. The lowest BCUT2D eigenvalue weighted by Gasteiger charge is -2.48. The quantitative estimate of drug-likeness (QED) is 0.0203. The summed E-state index contributed by atoms with van der Waals surface area (Å²) in [6, 6.07) is -1.01. The molecular formula is C67H119NO18. The number of hydrogen-bond donors (Lipinski definition) is 12. The maximum Gasteiger partial charge on any atom is 0.220 e. The molecule has 3 aliphatic heterocycles. The lowest BCUT2D eigenvalue weighted by Crippen LogP contribution is -2.66. The van der Waals surface area contributed by atoms with Gasteiger partial charge in [0.15, 0.2) is 18.9 Å². The summed E-state index contributed by atoms with van der Waals surface area (Å²) in [4.78, 5) is 13.4. The average molecular weight is 1230 g/mol. The SMILES string of the molecule is CCCCCC/C=C\C/C=C\CCCCCCCC(=O)NC(COC1OC(CO)C(OC2OC(CO)C(OC3OC(CO)C(O)C(O)C3O)C(O)C2O)C(O)C1O)C(O)/C=C/CC/C=C/CC/C=C/CCCCCCCCCCCCCCCCC. The van der Waals surface area contributed by atoms with E-state index < -0.39 is 124 Å². The monoisotopic (exact) mass is 1230 g/mol. The molecule has 86 heavy (non-hydrogen) atoms. The molecule has 0 bridgehead atoms. The van der Waals surface area contributed by atoms with E-state index >= 15 is 0 Å². The molecule has 3 heterocycles. The summed E-state index contributed by atoms with van der Waals surface area (Å²) in [5.74, 6) is -0.304. The number of unbranched alkanes of at least 4 members (excludes halogenated alkanes) is 26. The molecule has 12 N–H and O–H groups in total. The molecule has 19 nitrogen and oxygen atoms in total. The van der Waals surface area contributed by atoms with Crippen LogP contribution in [0.4, 0.5) is 0 Å². The third-order valence-electron chi connectivity index (χ3n) is 16.5. The fraction of sp³-hybridized carbons (Fsp3) is 0.836. The number of aliphatic hydroxyl groups excluding tert-OH is 11. The van der Waals surface area contributed by atoms with Gasteiger partial charge in [0, 0.05) is 6.42 Å². The van der Waals surface area contributed by atoms with E-state index in [-0.39, 0.29) is 18.9 Å². The Morgan fingerprint density at radius 1 is 0.419 bits per heavy atom. The van der Waals surface area contributed by atoms with Gasteiger partial charge < -0.3 is 89.9 Å². The molecule has 3 aliphatic rings. The van der Waals surface area contributed by atoms with Gasteiger partial charge in [0.05, 0.1) is 38.6 Å². The van der Waals surface area contributed by atoms with Crippen LogP contribution in [0.3, 0.4) is 0 Å². The van der Waals surface area contributed by atoms with Crippen molar-refractivity contribution < 1.29 is 89.4 Å². The topological polar surface area (TPSA) is 307 Å². The molecule has 0 saturated carbocycles. The molecule has 0 aromatic carbocycles. The number of amides is 1. The van der Waals surface area contributed by atoms with E-state index in [0.29, 0.717) is 12.8 Å². The van der Waals surface area contributed by atoms with E-state index in [1.54, 1.807) is 6.08 Å². The lowest BCUT2D eigenvalue weighted by atomic mass is 9.96. The second-order valence-corrected chi connectivity index (χ2v) is 23.9. The second-order valence-electron chi connectivity index (χ2n) is 23.9. The van der Waals surface area contributed by atoms with E-state index in [1.807, 2.05) is 6.08 Å². The van der Waals surface area contributed by atoms with Crippen LogP contribution < -0.4 is 5.32 Å². The predicted molar refractivity (Wildman–Crippen MR) is 332 cm³/mol. The first-order valence-corrected chi connectivity index (χ1v) is 33.5. The molecule has 3 rings (SSSR count). The minimum absolute atomic E-state index is 0.214. The lowest BCUT2D eigenvalue weighted by molar-refractivity contribution is -0.379. The molecule has 3 saturated heterocycles. The molecule has 1 amide bonds. The van der Waals surface area contributed by atoms with Gasteiger partial charge >= 0.3 is 0 Å². The first kappa shape index (κ1) is 77.7. The van der Waals surface area contributed by atoms with Crippen molar-refractivity contribution in [2.45, 2.75) is 330 Å². The molecule has 17 unspecified atom stereocenters. The van der Waals surface area contributed by atoms with Gasteiger partial charge in [-0.15, -0.1) is 0 Å². The molecule has 0 aromatic heterocycles. The van der Waals surface area contributed by atoms with Gasteiger partial charge in [-0.25, -0.2) is 0 Å². The van der Waals surface area contributed by atoms with Crippen LogP contribution in [0.25, 0.3) is 0 Å². The predicted octanol–water partition coefficient (Wildman–Crippen LogP) is 7.99. The van der Waals surface area contributed by atoms with Crippen molar-refractivity contribution in [3.63, 3.8) is 0 Å². The van der Waals surface area contributed by atoms with Crippen molar-refractivity contribution in [2.75, 3.05) is 26.4 Å². The fourth-order valence-corrected chi connectivity index (χ4v) is 11.0. The van der Waals surface area contributed by atoms with E-state index in [4.69, 9.17) is 28.4 Å². The van der Waals surface area contributed by atoms with Crippen LogP contribution >= 0.6 is 0 Å². The van der Waals surface area contributed by atoms with Crippen LogP contribution in [0.15, 0.2) is 60.8 Å². The minimum Gasteiger partial charge on any atom is -0.394 e. The van der Waals surface area contributed by atoms with E-state index in [0.717, 1.165) is 70.6 Å².